The van der Waals surface area contributed by atoms with Crippen molar-refractivity contribution in [2.24, 2.45) is 0 Å². The number of hydrogen-bond donors (Lipinski definition) is 1. The van der Waals surface area contributed by atoms with Crippen LogP contribution in [0.1, 0.15) is 27.9 Å². The SMILES string of the molecule is Cc1cccc2c(C3=CCN(C(=O)c4cccc(Br)c4)CC3)c[nH]c12. The molecule has 0 saturated heterocycles. The Morgan fingerprint density at radius 3 is 2.80 bits per heavy atom. The fourth-order valence-corrected chi connectivity index (χ4v) is 3.87. The zero-order valence-corrected chi connectivity index (χ0v) is 15.6. The van der Waals surface area contributed by atoms with Crippen LogP contribution < -0.4 is 0 Å². The van der Waals surface area contributed by atoms with Crippen LogP contribution in [0.2, 0.25) is 0 Å². The van der Waals surface area contributed by atoms with Crippen molar-refractivity contribution in [3.8, 4) is 0 Å². The normalized spacial score (nSPS) is 14.6. The number of rotatable bonds is 2. The van der Waals surface area contributed by atoms with E-state index in [1.807, 2.05) is 29.2 Å². The maximum Gasteiger partial charge on any atom is 0.254 e. The molecule has 4 rings (SSSR count). The third-order valence-corrected chi connectivity index (χ3v) is 5.33. The standard InChI is InChI=1S/C21H19BrN2O/c1-14-4-2-7-18-19(13-23-20(14)18)15-8-10-24(11-9-15)21(25)16-5-3-6-17(22)12-16/h2-8,12-13,23H,9-11H2,1H3. The van der Waals surface area contributed by atoms with Gasteiger partial charge in [0.25, 0.3) is 5.91 Å². The van der Waals surface area contributed by atoms with Crippen LogP contribution in [-0.2, 0) is 0 Å². The fourth-order valence-electron chi connectivity index (χ4n) is 3.47. The van der Waals surface area contributed by atoms with Gasteiger partial charge >= 0.3 is 0 Å². The van der Waals surface area contributed by atoms with Crippen LogP contribution >= 0.6 is 15.9 Å². The van der Waals surface area contributed by atoms with Crippen molar-refractivity contribution in [3.05, 3.63) is 75.9 Å². The highest BCUT2D eigenvalue weighted by Gasteiger charge is 2.20. The minimum Gasteiger partial charge on any atom is -0.360 e. The van der Waals surface area contributed by atoms with E-state index in [2.05, 4.69) is 58.3 Å². The van der Waals surface area contributed by atoms with Crippen molar-refractivity contribution < 1.29 is 4.79 Å². The third kappa shape index (κ3) is 3.02. The van der Waals surface area contributed by atoms with Crippen molar-refractivity contribution in [1.82, 2.24) is 9.88 Å². The second-order valence-corrected chi connectivity index (χ2v) is 7.36. The smallest absolute Gasteiger partial charge is 0.254 e. The minimum absolute atomic E-state index is 0.0892. The van der Waals surface area contributed by atoms with Gasteiger partial charge in [-0.25, -0.2) is 0 Å². The van der Waals surface area contributed by atoms with Crippen LogP contribution in [0.15, 0.2) is 59.2 Å². The van der Waals surface area contributed by atoms with Gasteiger partial charge in [-0.3, -0.25) is 4.79 Å². The first kappa shape index (κ1) is 16.2. The third-order valence-electron chi connectivity index (χ3n) is 4.84. The fraction of sp³-hybridized carbons (Fsp3) is 0.190. The number of aromatic nitrogens is 1. The molecule has 0 spiro atoms. The van der Waals surface area contributed by atoms with E-state index >= 15 is 0 Å². The monoisotopic (exact) mass is 394 g/mol. The average Bonchev–Trinajstić information content (AvgIpc) is 3.07. The highest BCUT2D eigenvalue weighted by molar-refractivity contribution is 9.10. The lowest BCUT2D eigenvalue weighted by molar-refractivity contribution is 0.0773. The second kappa shape index (κ2) is 6.52. The van der Waals surface area contributed by atoms with Crippen LogP contribution in [-0.4, -0.2) is 28.9 Å². The Morgan fingerprint density at radius 2 is 2.04 bits per heavy atom. The molecule has 0 fully saturated rings. The molecule has 0 saturated carbocycles. The minimum atomic E-state index is 0.0892. The Hall–Kier alpha value is -2.33. The number of para-hydroxylation sites is 1. The summed E-state index contributed by atoms with van der Waals surface area (Å²) < 4.78 is 0.931. The van der Waals surface area contributed by atoms with Gasteiger partial charge in [-0.2, -0.15) is 0 Å². The molecular weight excluding hydrogens is 376 g/mol. The molecule has 1 aliphatic rings. The summed E-state index contributed by atoms with van der Waals surface area (Å²) >= 11 is 3.43. The predicted octanol–water partition coefficient (Wildman–Crippen LogP) is 5.17. The molecule has 2 heterocycles. The number of aromatic amines is 1. The van der Waals surface area contributed by atoms with Gasteiger partial charge in [0.1, 0.15) is 0 Å². The number of H-pyrrole nitrogens is 1. The van der Waals surface area contributed by atoms with Crippen molar-refractivity contribution in [1.29, 1.82) is 0 Å². The van der Waals surface area contributed by atoms with Gasteiger partial charge in [0, 0.05) is 45.8 Å². The first-order chi connectivity index (χ1) is 12.1. The van der Waals surface area contributed by atoms with Gasteiger partial charge in [0.2, 0.25) is 0 Å². The lowest BCUT2D eigenvalue weighted by atomic mass is 9.98. The number of amides is 1. The van der Waals surface area contributed by atoms with E-state index in [0.29, 0.717) is 6.54 Å². The Morgan fingerprint density at radius 1 is 1.20 bits per heavy atom. The van der Waals surface area contributed by atoms with Crippen molar-refractivity contribution >= 4 is 38.3 Å². The summed E-state index contributed by atoms with van der Waals surface area (Å²) in [5.74, 6) is 0.0892. The average molecular weight is 395 g/mol. The Balaban J connectivity index is 1.58. The number of aryl methyl sites for hydroxylation is 1. The van der Waals surface area contributed by atoms with E-state index < -0.39 is 0 Å². The number of nitrogens with zero attached hydrogens (tertiary/aromatic N) is 1. The molecule has 0 unspecified atom stereocenters. The molecule has 126 valence electrons. The van der Waals surface area contributed by atoms with E-state index in [9.17, 15) is 4.79 Å². The van der Waals surface area contributed by atoms with Gasteiger partial charge in [-0.05, 0) is 42.7 Å². The Bertz CT molecular complexity index is 986. The van der Waals surface area contributed by atoms with E-state index in [1.165, 1.54) is 27.6 Å². The zero-order chi connectivity index (χ0) is 17.4. The van der Waals surface area contributed by atoms with E-state index in [0.717, 1.165) is 23.0 Å². The van der Waals surface area contributed by atoms with Crippen LogP contribution in [0, 0.1) is 6.92 Å². The van der Waals surface area contributed by atoms with Gasteiger partial charge in [-0.1, -0.05) is 46.3 Å². The number of benzene rings is 2. The molecule has 0 radical (unpaired) electrons. The molecule has 25 heavy (non-hydrogen) atoms. The molecule has 2 aromatic carbocycles. The lowest BCUT2D eigenvalue weighted by Gasteiger charge is -2.26. The number of fused-ring (bicyclic) bond motifs is 1. The topological polar surface area (TPSA) is 36.1 Å². The maximum absolute atomic E-state index is 12.7. The van der Waals surface area contributed by atoms with Gasteiger partial charge in [0.05, 0.1) is 0 Å². The molecular formula is C21H19BrN2O. The van der Waals surface area contributed by atoms with E-state index in [-0.39, 0.29) is 5.91 Å². The first-order valence-electron chi connectivity index (χ1n) is 8.44. The van der Waals surface area contributed by atoms with Gasteiger partial charge in [-0.15, -0.1) is 0 Å². The molecule has 0 bridgehead atoms. The van der Waals surface area contributed by atoms with Crippen molar-refractivity contribution in [2.75, 3.05) is 13.1 Å². The molecule has 1 amide bonds. The van der Waals surface area contributed by atoms with Crippen LogP contribution in [0.3, 0.4) is 0 Å². The van der Waals surface area contributed by atoms with E-state index in [1.54, 1.807) is 0 Å². The first-order valence-corrected chi connectivity index (χ1v) is 9.24. The predicted molar refractivity (Wildman–Crippen MR) is 106 cm³/mol. The Kier molecular flexibility index (Phi) is 4.22. The molecule has 3 aromatic rings. The molecule has 4 heteroatoms. The summed E-state index contributed by atoms with van der Waals surface area (Å²) in [6.07, 6.45) is 5.15. The Labute approximate surface area is 155 Å². The molecule has 1 aliphatic heterocycles. The van der Waals surface area contributed by atoms with Crippen molar-refractivity contribution in [3.63, 3.8) is 0 Å². The highest BCUT2D eigenvalue weighted by Crippen LogP contribution is 2.30. The summed E-state index contributed by atoms with van der Waals surface area (Å²) in [7, 11) is 0. The highest BCUT2D eigenvalue weighted by atomic mass is 79.9. The van der Waals surface area contributed by atoms with Crippen LogP contribution in [0.4, 0.5) is 0 Å². The number of nitrogens with one attached hydrogen (secondary N) is 1. The molecule has 0 atom stereocenters. The van der Waals surface area contributed by atoms with Crippen LogP contribution in [0.5, 0.6) is 0 Å². The van der Waals surface area contributed by atoms with Gasteiger partial charge in [0.15, 0.2) is 0 Å². The number of halogens is 1. The lowest BCUT2D eigenvalue weighted by Crippen LogP contribution is -2.34. The molecule has 1 aromatic heterocycles. The zero-order valence-electron chi connectivity index (χ0n) is 14.1. The summed E-state index contributed by atoms with van der Waals surface area (Å²) in [5.41, 5.74) is 5.76. The molecule has 0 aliphatic carbocycles. The van der Waals surface area contributed by atoms with Crippen molar-refractivity contribution in [2.45, 2.75) is 13.3 Å². The number of carbonyl (C=O) groups excluding carboxylic acids is 1. The van der Waals surface area contributed by atoms with Crippen LogP contribution in [0.25, 0.3) is 16.5 Å². The summed E-state index contributed by atoms with van der Waals surface area (Å²) in [4.78, 5) is 18.0. The summed E-state index contributed by atoms with van der Waals surface area (Å²) in [5, 5.41) is 1.26. The molecule has 1 N–H and O–H groups in total. The number of carbonyl (C=O) groups is 1. The maximum atomic E-state index is 12.7. The largest absolute Gasteiger partial charge is 0.360 e. The van der Waals surface area contributed by atoms with E-state index in [4.69, 9.17) is 0 Å². The summed E-state index contributed by atoms with van der Waals surface area (Å²) in [6.45, 7) is 3.52. The second-order valence-electron chi connectivity index (χ2n) is 6.44. The quantitative estimate of drug-likeness (QED) is 0.639. The molecule has 3 nitrogen and oxygen atoms in total. The number of hydrogen-bond acceptors (Lipinski definition) is 1. The van der Waals surface area contributed by atoms with Gasteiger partial charge < -0.3 is 9.88 Å². The summed E-state index contributed by atoms with van der Waals surface area (Å²) in [6, 6.07) is 14.0.